The zero-order chi connectivity index (χ0) is 13.5. The van der Waals surface area contributed by atoms with Crippen LogP contribution in [0.15, 0.2) is 5.38 Å². The van der Waals surface area contributed by atoms with E-state index in [2.05, 4.69) is 9.72 Å². The summed E-state index contributed by atoms with van der Waals surface area (Å²) in [7, 11) is 2.98. The first-order chi connectivity index (χ1) is 8.56. The molecule has 0 atom stereocenters. The Balaban J connectivity index is 2.42. The molecular formula is C11H15ClN2O3S. The number of amides is 1. The van der Waals surface area contributed by atoms with Crippen molar-refractivity contribution in [2.45, 2.75) is 18.7 Å². The SMILES string of the molecule is COC(=O)CCN(C)C(=O)Cc1nc(CCl)cs1. The molecule has 0 aliphatic heterocycles. The van der Waals surface area contributed by atoms with Crippen LogP contribution >= 0.6 is 22.9 Å². The van der Waals surface area contributed by atoms with Crippen LogP contribution in [0.5, 0.6) is 0 Å². The minimum absolute atomic E-state index is 0.0747. The van der Waals surface area contributed by atoms with Crippen LogP contribution in [-0.2, 0) is 26.6 Å². The molecule has 0 radical (unpaired) electrons. The summed E-state index contributed by atoms with van der Waals surface area (Å²) in [6.07, 6.45) is 0.433. The Morgan fingerprint density at radius 1 is 1.56 bits per heavy atom. The summed E-state index contributed by atoms with van der Waals surface area (Å²) in [5.74, 6) is -0.0502. The van der Waals surface area contributed by atoms with Gasteiger partial charge in [-0.2, -0.15) is 0 Å². The molecule has 7 heteroatoms. The fourth-order valence-electron chi connectivity index (χ4n) is 1.24. The van der Waals surface area contributed by atoms with Crippen molar-refractivity contribution in [2.24, 2.45) is 0 Å². The normalized spacial score (nSPS) is 10.2. The van der Waals surface area contributed by atoms with Gasteiger partial charge in [0.05, 0.1) is 31.5 Å². The second-order valence-electron chi connectivity index (χ2n) is 3.68. The molecule has 0 bridgehead atoms. The lowest BCUT2D eigenvalue weighted by molar-refractivity contribution is -0.141. The summed E-state index contributed by atoms with van der Waals surface area (Å²) in [5, 5.41) is 2.57. The highest BCUT2D eigenvalue weighted by molar-refractivity contribution is 7.09. The number of hydrogen-bond donors (Lipinski definition) is 0. The van der Waals surface area contributed by atoms with Crippen molar-refractivity contribution in [2.75, 3.05) is 20.7 Å². The number of rotatable bonds is 6. The Labute approximate surface area is 115 Å². The summed E-state index contributed by atoms with van der Waals surface area (Å²) in [5.41, 5.74) is 0.779. The van der Waals surface area contributed by atoms with Crippen LogP contribution in [0.25, 0.3) is 0 Å². The monoisotopic (exact) mass is 290 g/mol. The molecule has 0 saturated heterocycles. The molecule has 0 aliphatic rings. The van der Waals surface area contributed by atoms with Gasteiger partial charge in [-0.05, 0) is 0 Å². The van der Waals surface area contributed by atoms with Crippen molar-refractivity contribution >= 4 is 34.8 Å². The van der Waals surface area contributed by atoms with E-state index in [1.165, 1.54) is 23.3 Å². The van der Waals surface area contributed by atoms with Crippen molar-refractivity contribution in [3.8, 4) is 0 Å². The topological polar surface area (TPSA) is 59.5 Å². The van der Waals surface area contributed by atoms with Crippen molar-refractivity contribution < 1.29 is 14.3 Å². The molecule has 18 heavy (non-hydrogen) atoms. The zero-order valence-electron chi connectivity index (χ0n) is 10.3. The number of carbonyl (C=O) groups is 2. The third-order valence-corrected chi connectivity index (χ3v) is 3.51. The smallest absolute Gasteiger partial charge is 0.307 e. The number of nitrogens with zero attached hydrogens (tertiary/aromatic N) is 2. The van der Waals surface area contributed by atoms with Gasteiger partial charge in [-0.1, -0.05) is 0 Å². The molecule has 1 rings (SSSR count). The molecule has 0 N–H and O–H groups in total. The molecule has 1 heterocycles. The van der Waals surface area contributed by atoms with E-state index in [1.807, 2.05) is 5.38 Å². The lowest BCUT2D eigenvalue weighted by atomic mass is 10.3. The first kappa shape index (κ1) is 14.9. The highest BCUT2D eigenvalue weighted by Crippen LogP contribution is 2.12. The standard InChI is InChI=1S/C11H15ClN2O3S/c1-14(4-3-11(16)17-2)10(15)5-9-13-8(6-12)7-18-9/h7H,3-6H2,1-2H3. The van der Waals surface area contributed by atoms with E-state index in [4.69, 9.17) is 11.6 Å². The molecule has 1 aromatic heterocycles. The maximum Gasteiger partial charge on any atom is 0.307 e. The summed E-state index contributed by atoms with van der Waals surface area (Å²) >= 11 is 7.05. The lowest BCUT2D eigenvalue weighted by Crippen LogP contribution is -2.30. The van der Waals surface area contributed by atoms with Gasteiger partial charge in [-0.25, -0.2) is 4.98 Å². The van der Waals surface area contributed by atoms with Gasteiger partial charge in [-0.15, -0.1) is 22.9 Å². The number of halogens is 1. The number of carbonyl (C=O) groups excluding carboxylic acids is 2. The predicted molar refractivity (Wildman–Crippen MR) is 69.6 cm³/mol. The van der Waals surface area contributed by atoms with E-state index in [0.717, 1.165) is 10.7 Å². The van der Waals surface area contributed by atoms with Gasteiger partial charge in [0, 0.05) is 19.0 Å². The highest BCUT2D eigenvalue weighted by Gasteiger charge is 2.13. The first-order valence-corrected chi connectivity index (χ1v) is 6.78. The molecule has 5 nitrogen and oxygen atoms in total. The van der Waals surface area contributed by atoms with Crippen molar-refractivity contribution in [1.82, 2.24) is 9.88 Å². The number of likely N-dealkylation sites (N-methyl/N-ethyl adjacent to an activating group) is 1. The molecule has 100 valence electrons. The summed E-state index contributed by atoms with van der Waals surface area (Å²) in [4.78, 5) is 28.5. The molecule has 1 aromatic rings. The van der Waals surface area contributed by atoms with E-state index < -0.39 is 0 Å². The van der Waals surface area contributed by atoms with Crippen LogP contribution in [0.2, 0.25) is 0 Å². The third-order valence-electron chi connectivity index (χ3n) is 2.34. The first-order valence-electron chi connectivity index (χ1n) is 5.36. The summed E-state index contributed by atoms with van der Waals surface area (Å²) in [6.45, 7) is 0.346. The van der Waals surface area contributed by atoms with E-state index in [1.54, 1.807) is 7.05 Å². The fraction of sp³-hybridized carbons (Fsp3) is 0.545. The number of esters is 1. The van der Waals surface area contributed by atoms with Gasteiger partial charge in [0.2, 0.25) is 5.91 Å². The number of hydrogen-bond acceptors (Lipinski definition) is 5. The predicted octanol–water partition coefficient (Wildman–Crippen LogP) is 1.45. The van der Waals surface area contributed by atoms with Gasteiger partial charge in [-0.3, -0.25) is 9.59 Å². The van der Waals surface area contributed by atoms with E-state index in [0.29, 0.717) is 12.4 Å². The van der Waals surface area contributed by atoms with E-state index in [9.17, 15) is 9.59 Å². The quantitative estimate of drug-likeness (QED) is 0.588. The number of alkyl halides is 1. The second kappa shape index (κ2) is 7.33. The van der Waals surface area contributed by atoms with Crippen molar-refractivity contribution in [3.63, 3.8) is 0 Å². The van der Waals surface area contributed by atoms with Crippen LogP contribution in [0.1, 0.15) is 17.1 Å². The van der Waals surface area contributed by atoms with Gasteiger partial charge < -0.3 is 9.64 Å². The molecule has 0 aliphatic carbocycles. The van der Waals surface area contributed by atoms with Crippen LogP contribution in [-0.4, -0.2) is 42.5 Å². The Morgan fingerprint density at radius 3 is 2.83 bits per heavy atom. The third kappa shape index (κ3) is 4.62. The van der Waals surface area contributed by atoms with Crippen LogP contribution in [0, 0.1) is 0 Å². The molecule has 0 fully saturated rings. The van der Waals surface area contributed by atoms with Crippen LogP contribution in [0.3, 0.4) is 0 Å². The number of thiazole rings is 1. The zero-order valence-corrected chi connectivity index (χ0v) is 11.9. The van der Waals surface area contributed by atoms with Crippen molar-refractivity contribution in [1.29, 1.82) is 0 Å². The van der Waals surface area contributed by atoms with Gasteiger partial charge >= 0.3 is 5.97 Å². The molecule has 1 amide bonds. The largest absolute Gasteiger partial charge is 0.469 e. The number of methoxy groups -OCH3 is 1. The van der Waals surface area contributed by atoms with Gasteiger partial charge in [0.1, 0.15) is 5.01 Å². The summed E-state index contributed by atoms with van der Waals surface area (Å²) in [6, 6.07) is 0. The molecule has 0 saturated carbocycles. The Morgan fingerprint density at radius 2 is 2.28 bits per heavy atom. The van der Waals surface area contributed by atoms with Crippen LogP contribution in [0.4, 0.5) is 0 Å². The molecule has 0 spiro atoms. The van der Waals surface area contributed by atoms with Crippen molar-refractivity contribution in [3.05, 3.63) is 16.1 Å². The Bertz CT molecular complexity index is 422. The average molecular weight is 291 g/mol. The fourth-order valence-corrected chi connectivity index (χ4v) is 2.25. The molecule has 0 unspecified atom stereocenters. The molecule has 0 aromatic carbocycles. The van der Waals surface area contributed by atoms with E-state index in [-0.39, 0.29) is 24.7 Å². The number of aromatic nitrogens is 1. The summed E-state index contributed by atoms with van der Waals surface area (Å²) < 4.78 is 4.51. The minimum Gasteiger partial charge on any atom is -0.469 e. The average Bonchev–Trinajstić information content (AvgIpc) is 2.82. The van der Waals surface area contributed by atoms with Crippen LogP contribution < -0.4 is 0 Å². The molecular weight excluding hydrogens is 276 g/mol. The maximum absolute atomic E-state index is 11.8. The Kier molecular flexibility index (Phi) is 6.07. The Hall–Kier alpha value is -1.14. The maximum atomic E-state index is 11.8. The highest BCUT2D eigenvalue weighted by atomic mass is 35.5. The second-order valence-corrected chi connectivity index (χ2v) is 4.89. The van der Waals surface area contributed by atoms with Gasteiger partial charge in [0.25, 0.3) is 0 Å². The lowest BCUT2D eigenvalue weighted by Gasteiger charge is -2.15. The minimum atomic E-state index is -0.326. The number of ether oxygens (including phenoxy) is 1. The van der Waals surface area contributed by atoms with E-state index >= 15 is 0 Å². The van der Waals surface area contributed by atoms with Gasteiger partial charge in [0.15, 0.2) is 0 Å².